The summed E-state index contributed by atoms with van der Waals surface area (Å²) in [6.07, 6.45) is -0.597. The molecule has 2 aromatic carbocycles. The van der Waals surface area contributed by atoms with Gasteiger partial charge >= 0.3 is 0 Å². The summed E-state index contributed by atoms with van der Waals surface area (Å²) in [5.74, 6) is 1.70. The molecule has 0 aliphatic carbocycles. The summed E-state index contributed by atoms with van der Waals surface area (Å²) in [6, 6.07) is 14.0. The van der Waals surface area contributed by atoms with E-state index in [-0.39, 0.29) is 6.61 Å². The van der Waals surface area contributed by atoms with Crippen molar-refractivity contribution in [2.45, 2.75) is 31.7 Å². The molecule has 1 unspecified atom stereocenters. The highest BCUT2D eigenvalue weighted by Gasteiger charge is 2.12. The van der Waals surface area contributed by atoms with Gasteiger partial charge in [-0.25, -0.2) is 4.68 Å². The number of aliphatic hydroxyl groups excluding tert-OH is 1. The number of aliphatic hydroxyl groups is 1. The molecule has 7 heteroatoms. The van der Waals surface area contributed by atoms with Gasteiger partial charge < -0.3 is 9.84 Å². The normalized spacial score (nSPS) is 12.6. The van der Waals surface area contributed by atoms with Crippen LogP contribution in [-0.2, 0) is 6.54 Å². The van der Waals surface area contributed by atoms with Crippen LogP contribution in [0, 0.1) is 5.92 Å². The van der Waals surface area contributed by atoms with Gasteiger partial charge in [-0.2, -0.15) is 0 Å². The molecule has 0 amide bonds. The molecule has 6 nitrogen and oxygen atoms in total. The number of nitrogens with zero attached hydrogens (tertiary/aromatic N) is 4. The maximum atomic E-state index is 10.2. The number of hydrogen-bond donors (Lipinski definition) is 1. The van der Waals surface area contributed by atoms with Gasteiger partial charge in [-0.1, -0.05) is 55.9 Å². The highest BCUT2D eigenvalue weighted by atomic mass is 32.2. The van der Waals surface area contributed by atoms with Crippen molar-refractivity contribution in [1.29, 1.82) is 0 Å². The van der Waals surface area contributed by atoms with Crippen molar-refractivity contribution in [3.8, 4) is 5.75 Å². The number of benzene rings is 2. The third-order valence-corrected chi connectivity index (χ3v) is 4.71. The summed E-state index contributed by atoms with van der Waals surface area (Å²) in [7, 11) is 0. The third kappa shape index (κ3) is 4.93. The molecule has 0 radical (unpaired) electrons. The fraction of sp³-hybridized carbons (Fsp3) is 0.389. The van der Waals surface area contributed by atoms with Crippen molar-refractivity contribution in [2.75, 3.05) is 12.4 Å². The average molecular weight is 358 g/mol. The summed E-state index contributed by atoms with van der Waals surface area (Å²) in [5.41, 5.74) is 0. The summed E-state index contributed by atoms with van der Waals surface area (Å²) < 4.78 is 7.49. The van der Waals surface area contributed by atoms with Crippen LogP contribution >= 0.6 is 11.8 Å². The fourth-order valence-electron chi connectivity index (χ4n) is 2.43. The molecule has 0 aliphatic heterocycles. The minimum Gasteiger partial charge on any atom is -0.491 e. The number of rotatable bonds is 8. The van der Waals surface area contributed by atoms with Crippen LogP contribution in [0.3, 0.4) is 0 Å². The van der Waals surface area contributed by atoms with E-state index < -0.39 is 6.10 Å². The highest BCUT2D eigenvalue weighted by Crippen LogP contribution is 2.21. The van der Waals surface area contributed by atoms with E-state index in [0.717, 1.165) is 22.8 Å². The summed E-state index contributed by atoms with van der Waals surface area (Å²) in [4.78, 5) is 0. The predicted octanol–water partition coefficient (Wildman–Crippen LogP) is 3.01. The lowest BCUT2D eigenvalue weighted by molar-refractivity contribution is 0.126. The number of hydrogen-bond acceptors (Lipinski definition) is 6. The van der Waals surface area contributed by atoms with Crippen LogP contribution < -0.4 is 4.74 Å². The second kappa shape index (κ2) is 8.31. The molecule has 25 heavy (non-hydrogen) atoms. The number of tetrazole rings is 1. The van der Waals surface area contributed by atoms with Crippen LogP contribution in [0.5, 0.6) is 5.75 Å². The van der Waals surface area contributed by atoms with Crippen molar-refractivity contribution in [3.05, 3.63) is 42.5 Å². The molecule has 132 valence electrons. The number of thioether (sulfide) groups is 1. The number of ether oxygens (including phenoxy) is 1. The van der Waals surface area contributed by atoms with Gasteiger partial charge in [0.15, 0.2) is 0 Å². The zero-order valence-electron chi connectivity index (χ0n) is 14.4. The van der Waals surface area contributed by atoms with Crippen LogP contribution in [0.1, 0.15) is 13.8 Å². The van der Waals surface area contributed by atoms with E-state index in [1.807, 2.05) is 36.4 Å². The Kier molecular flexibility index (Phi) is 5.88. The van der Waals surface area contributed by atoms with E-state index in [1.54, 1.807) is 4.68 Å². The minimum atomic E-state index is -0.597. The van der Waals surface area contributed by atoms with Crippen LogP contribution in [0.25, 0.3) is 10.8 Å². The van der Waals surface area contributed by atoms with Gasteiger partial charge in [0.1, 0.15) is 12.4 Å². The first-order valence-corrected chi connectivity index (χ1v) is 9.29. The fourth-order valence-corrected chi connectivity index (χ4v) is 3.22. The zero-order chi connectivity index (χ0) is 17.6. The van der Waals surface area contributed by atoms with Crippen LogP contribution in [-0.4, -0.2) is 43.8 Å². The molecular formula is C18H22N4O2S. The van der Waals surface area contributed by atoms with E-state index in [0.29, 0.717) is 11.7 Å². The maximum Gasteiger partial charge on any atom is 0.209 e. The van der Waals surface area contributed by atoms with Gasteiger partial charge in [-0.15, -0.1) is 5.10 Å². The lowest BCUT2D eigenvalue weighted by Crippen LogP contribution is -2.20. The van der Waals surface area contributed by atoms with E-state index in [1.165, 1.54) is 17.1 Å². The van der Waals surface area contributed by atoms with E-state index >= 15 is 0 Å². The highest BCUT2D eigenvalue weighted by molar-refractivity contribution is 7.99. The van der Waals surface area contributed by atoms with E-state index in [2.05, 4.69) is 35.4 Å². The van der Waals surface area contributed by atoms with Crippen molar-refractivity contribution < 1.29 is 9.84 Å². The summed E-state index contributed by atoms with van der Waals surface area (Å²) >= 11 is 1.44. The molecule has 0 bridgehead atoms. The van der Waals surface area contributed by atoms with Crippen LogP contribution in [0.2, 0.25) is 0 Å². The van der Waals surface area contributed by atoms with Crippen LogP contribution in [0.4, 0.5) is 0 Å². The van der Waals surface area contributed by atoms with Gasteiger partial charge in [0.25, 0.3) is 0 Å². The molecule has 1 N–H and O–H groups in total. The first-order valence-electron chi connectivity index (χ1n) is 8.30. The molecule has 1 heterocycles. The molecule has 3 aromatic rings. The minimum absolute atomic E-state index is 0.233. The molecule has 1 aromatic heterocycles. The summed E-state index contributed by atoms with van der Waals surface area (Å²) in [6.45, 7) is 5.22. The number of aromatic nitrogens is 4. The van der Waals surface area contributed by atoms with Crippen molar-refractivity contribution in [3.63, 3.8) is 0 Å². The monoisotopic (exact) mass is 358 g/mol. The Balaban J connectivity index is 1.50. The van der Waals surface area contributed by atoms with Gasteiger partial charge in [0, 0.05) is 12.3 Å². The molecule has 0 saturated heterocycles. The van der Waals surface area contributed by atoms with E-state index in [9.17, 15) is 5.11 Å². The largest absolute Gasteiger partial charge is 0.491 e. The maximum absolute atomic E-state index is 10.2. The average Bonchev–Trinajstić information content (AvgIpc) is 3.04. The topological polar surface area (TPSA) is 73.1 Å². The molecule has 1 atom stereocenters. The first kappa shape index (κ1) is 17.7. The molecule has 3 rings (SSSR count). The Hall–Kier alpha value is -2.12. The van der Waals surface area contributed by atoms with Gasteiger partial charge in [0.05, 0.1) is 6.10 Å². The Bertz CT molecular complexity index is 821. The Morgan fingerprint density at radius 2 is 1.96 bits per heavy atom. The van der Waals surface area contributed by atoms with Crippen molar-refractivity contribution >= 4 is 22.5 Å². The van der Waals surface area contributed by atoms with Crippen molar-refractivity contribution in [2.24, 2.45) is 5.92 Å². The first-order chi connectivity index (χ1) is 12.1. The molecular weight excluding hydrogens is 336 g/mol. The molecule has 0 saturated carbocycles. The summed E-state index contributed by atoms with van der Waals surface area (Å²) in [5, 5.41) is 24.9. The molecule has 0 spiro atoms. The Labute approximate surface area is 151 Å². The van der Waals surface area contributed by atoms with E-state index in [4.69, 9.17) is 4.74 Å². The lowest BCUT2D eigenvalue weighted by Gasteiger charge is -2.13. The quantitative estimate of drug-likeness (QED) is 0.624. The Morgan fingerprint density at radius 3 is 2.76 bits per heavy atom. The second-order valence-electron chi connectivity index (χ2n) is 6.32. The Morgan fingerprint density at radius 1 is 1.16 bits per heavy atom. The zero-order valence-corrected chi connectivity index (χ0v) is 15.2. The lowest BCUT2D eigenvalue weighted by atomic mass is 10.1. The number of fused-ring (bicyclic) bond motifs is 1. The van der Waals surface area contributed by atoms with Gasteiger partial charge in [-0.3, -0.25) is 0 Å². The van der Waals surface area contributed by atoms with Crippen molar-refractivity contribution in [1.82, 2.24) is 20.2 Å². The van der Waals surface area contributed by atoms with Gasteiger partial charge in [0.2, 0.25) is 5.16 Å². The van der Waals surface area contributed by atoms with Crippen LogP contribution in [0.15, 0.2) is 47.6 Å². The standard InChI is InChI=1S/C18H22N4O2S/c1-13(2)10-22-18(19-20-21-22)25-12-16(23)11-24-17-8-7-14-5-3-4-6-15(14)9-17/h3-9,13,16,23H,10-12H2,1-2H3. The predicted molar refractivity (Wildman–Crippen MR) is 98.8 cm³/mol. The van der Waals surface area contributed by atoms with Gasteiger partial charge in [-0.05, 0) is 39.2 Å². The molecule has 0 aliphatic rings. The second-order valence-corrected chi connectivity index (χ2v) is 7.31. The smallest absolute Gasteiger partial charge is 0.209 e. The SMILES string of the molecule is CC(C)Cn1nnnc1SCC(O)COc1ccc2ccccc2c1. The third-order valence-electron chi connectivity index (χ3n) is 3.61. The molecule has 0 fully saturated rings.